The predicted molar refractivity (Wildman–Crippen MR) is 127 cm³/mol. The van der Waals surface area contributed by atoms with Gasteiger partial charge in [-0.3, -0.25) is 9.59 Å². The lowest BCUT2D eigenvalue weighted by atomic mass is 10.2. The van der Waals surface area contributed by atoms with Gasteiger partial charge in [0.05, 0.1) is 21.7 Å². The van der Waals surface area contributed by atoms with Crippen LogP contribution in [0.5, 0.6) is 0 Å². The number of nitrogens with zero attached hydrogens (tertiary/aromatic N) is 2. The average molecular weight is 467 g/mol. The lowest BCUT2D eigenvalue weighted by molar-refractivity contribution is -0.116. The number of imidazole rings is 1. The first-order valence-electron chi connectivity index (χ1n) is 10.0. The first-order chi connectivity index (χ1) is 15.5. The summed E-state index contributed by atoms with van der Waals surface area (Å²) in [6.45, 7) is 0.448. The van der Waals surface area contributed by atoms with Crippen LogP contribution >= 0.6 is 23.2 Å². The highest BCUT2D eigenvalue weighted by molar-refractivity contribution is 6.33. The molecule has 1 aromatic heterocycles. The van der Waals surface area contributed by atoms with Crippen molar-refractivity contribution >= 4 is 51.7 Å². The Hall–Kier alpha value is -3.35. The zero-order valence-electron chi connectivity index (χ0n) is 17.0. The number of amides is 2. The number of fused-ring (bicyclic) bond motifs is 1. The fraction of sp³-hybridized carbons (Fsp3) is 0.125. The average Bonchev–Trinajstić information content (AvgIpc) is 3.13. The monoisotopic (exact) mass is 466 g/mol. The van der Waals surface area contributed by atoms with Crippen LogP contribution in [0.25, 0.3) is 11.0 Å². The van der Waals surface area contributed by atoms with Crippen LogP contribution < -0.4 is 10.6 Å². The Morgan fingerprint density at radius 1 is 0.906 bits per heavy atom. The van der Waals surface area contributed by atoms with Crippen molar-refractivity contribution in [1.82, 2.24) is 14.9 Å². The number of nitrogens with one attached hydrogen (secondary N) is 2. The Morgan fingerprint density at radius 3 is 2.41 bits per heavy atom. The fourth-order valence-corrected chi connectivity index (χ4v) is 3.69. The van der Waals surface area contributed by atoms with Crippen molar-refractivity contribution < 1.29 is 9.59 Å². The minimum Gasteiger partial charge on any atom is -0.352 e. The largest absolute Gasteiger partial charge is 0.352 e. The fourth-order valence-electron chi connectivity index (χ4n) is 3.38. The molecule has 0 saturated carbocycles. The van der Waals surface area contributed by atoms with Crippen LogP contribution in [0.3, 0.4) is 0 Å². The van der Waals surface area contributed by atoms with E-state index in [2.05, 4.69) is 15.6 Å². The van der Waals surface area contributed by atoms with Crippen LogP contribution in [-0.2, 0) is 17.8 Å². The van der Waals surface area contributed by atoms with Gasteiger partial charge in [0.1, 0.15) is 12.4 Å². The molecule has 4 rings (SSSR count). The number of hydrogen-bond donors (Lipinski definition) is 2. The van der Waals surface area contributed by atoms with Crippen LogP contribution in [0.1, 0.15) is 16.2 Å². The molecule has 8 heteroatoms. The summed E-state index contributed by atoms with van der Waals surface area (Å²) in [7, 11) is 0. The van der Waals surface area contributed by atoms with Crippen LogP contribution in [0, 0.1) is 0 Å². The molecule has 0 unspecified atom stereocenters. The zero-order chi connectivity index (χ0) is 22.5. The first-order valence-corrected chi connectivity index (χ1v) is 10.8. The zero-order valence-corrected chi connectivity index (χ0v) is 18.5. The molecule has 0 aliphatic rings. The van der Waals surface area contributed by atoms with E-state index in [4.69, 9.17) is 23.2 Å². The summed E-state index contributed by atoms with van der Waals surface area (Å²) in [4.78, 5) is 29.7. The van der Waals surface area contributed by atoms with Crippen LogP contribution in [0.2, 0.25) is 10.0 Å². The highest BCUT2D eigenvalue weighted by Crippen LogP contribution is 2.21. The van der Waals surface area contributed by atoms with Gasteiger partial charge in [-0.15, -0.1) is 0 Å². The molecule has 3 aromatic carbocycles. The molecule has 0 atom stereocenters. The number of aromatic nitrogens is 2. The smallest absolute Gasteiger partial charge is 0.251 e. The van der Waals surface area contributed by atoms with Gasteiger partial charge in [0.25, 0.3) is 5.91 Å². The van der Waals surface area contributed by atoms with Crippen molar-refractivity contribution in [3.8, 4) is 0 Å². The van der Waals surface area contributed by atoms with Gasteiger partial charge < -0.3 is 15.2 Å². The minimum atomic E-state index is -0.215. The van der Waals surface area contributed by atoms with Crippen molar-refractivity contribution in [3.63, 3.8) is 0 Å². The van der Waals surface area contributed by atoms with Crippen LogP contribution in [0.4, 0.5) is 5.69 Å². The van der Waals surface area contributed by atoms with Crippen LogP contribution in [0.15, 0.2) is 72.8 Å². The molecule has 0 fully saturated rings. The molecule has 0 saturated heterocycles. The van der Waals surface area contributed by atoms with Crippen molar-refractivity contribution in [1.29, 1.82) is 0 Å². The van der Waals surface area contributed by atoms with Gasteiger partial charge in [-0.25, -0.2) is 4.98 Å². The third kappa shape index (κ3) is 5.10. The lowest BCUT2D eigenvalue weighted by Crippen LogP contribution is -2.27. The Labute approximate surface area is 195 Å². The van der Waals surface area contributed by atoms with E-state index in [1.165, 1.54) is 0 Å². The second-order valence-corrected chi connectivity index (χ2v) is 7.99. The van der Waals surface area contributed by atoms with E-state index in [0.29, 0.717) is 40.1 Å². The first kappa shape index (κ1) is 21.9. The number of anilines is 1. The highest BCUT2D eigenvalue weighted by atomic mass is 35.5. The molecule has 0 aliphatic carbocycles. The Morgan fingerprint density at radius 2 is 1.62 bits per heavy atom. The maximum atomic E-state index is 12.7. The Bertz CT molecular complexity index is 1270. The van der Waals surface area contributed by atoms with E-state index in [9.17, 15) is 9.59 Å². The summed E-state index contributed by atoms with van der Waals surface area (Å²) in [5.41, 5.74) is 2.72. The molecule has 2 amide bonds. The molecule has 1 heterocycles. The van der Waals surface area contributed by atoms with Crippen LogP contribution in [-0.4, -0.2) is 27.9 Å². The highest BCUT2D eigenvalue weighted by Gasteiger charge is 2.15. The summed E-state index contributed by atoms with van der Waals surface area (Å²) in [5.74, 6) is 0.297. The molecule has 32 heavy (non-hydrogen) atoms. The maximum Gasteiger partial charge on any atom is 0.251 e. The Balaban J connectivity index is 1.47. The summed E-state index contributed by atoms with van der Waals surface area (Å²) >= 11 is 12.0. The standard InChI is InChI=1S/C24H20Cl2N4O2/c25-17-11-9-16(10-12-17)24(32)27-14-13-22-28-20-7-3-4-8-21(20)30(22)15-23(31)29-19-6-2-1-5-18(19)26/h1-12H,13-15H2,(H,27,32)(H,29,31). The van der Waals surface area contributed by atoms with Gasteiger partial charge in [0, 0.05) is 23.6 Å². The van der Waals surface area contributed by atoms with E-state index in [0.717, 1.165) is 11.0 Å². The number of rotatable bonds is 7. The van der Waals surface area contributed by atoms with E-state index in [1.807, 2.05) is 34.9 Å². The molecular weight excluding hydrogens is 447 g/mol. The van der Waals surface area contributed by atoms with E-state index in [1.54, 1.807) is 42.5 Å². The summed E-state index contributed by atoms with van der Waals surface area (Å²) < 4.78 is 1.86. The number of halogens is 2. The number of carbonyl (C=O) groups is 2. The summed E-state index contributed by atoms with van der Waals surface area (Å²) in [6.07, 6.45) is 0.466. The van der Waals surface area contributed by atoms with E-state index < -0.39 is 0 Å². The summed E-state index contributed by atoms with van der Waals surface area (Å²) in [6, 6.07) is 21.4. The number of benzene rings is 3. The number of hydrogen-bond acceptors (Lipinski definition) is 3. The summed E-state index contributed by atoms with van der Waals surface area (Å²) in [5, 5.41) is 6.77. The molecule has 0 aliphatic heterocycles. The molecule has 6 nitrogen and oxygen atoms in total. The van der Waals surface area contributed by atoms with Crippen molar-refractivity contribution in [2.24, 2.45) is 0 Å². The minimum absolute atomic E-state index is 0.0756. The molecule has 162 valence electrons. The number of para-hydroxylation sites is 3. The van der Waals surface area contributed by atoms with Gasteiger partial charge in [-0.2, -0.15) is 0 Å². The van der Waals surface area contributed by atoms with Gasteiger partial charge in [-0.05, 0) is 48.5 Å². The molecule has 0 radical (unpaired) electrons. The third-order valence-corrected chi connectivity index (χ3v) is 5.51. The Kier molecular flexibility index (Phi) is 6.73. The molecular formula is C24H20Cl2N4O2. The van der Waals surface area contributed by atoms with Crippen molar-refractivity contribution in [3.05, 3.63) is 94.2 Å². The van der Waals surface area contributed by atoms with Gasteiger partial charge in [-0.1, -0.05) is 47.5 Å². The maximum absolute atomic E-state index is 12.7. The quantitative estimate of drug-likeness (QED) is 0.404. The molecule has 2 N–H and O–H groups in total. The van der Waals surface area contributed by atoms with E-state index in [-0.39, 0.29) is 18.4 Å². The van der Waals surface area contributed by atoms with E-state index >= 15 is 0 Å². The third-order valence-electron chi connectivity index (χ3n) is 4.92. The SMILES string of the molecule is O=C(Cn1c(CCNC(=O)c2ccc(Cl)cc2)nc2ccccc21)Nc1ccccc1Cl. The number of carbonyl (C=O) groups excluding carboxylic acids is 2. The molecule has 0 spiro atoms. The molecule has 0 bridgehead atoms. The van der Waals surface area contributed by atoms with Gasteiger partial charge in [0.15, 0.2) is 0 Å². The normalized spacial score (nSPS) is 10.8. The van der Waals surface area contributed by atoms with Gasteiger partial charge >= 0.3 is 0 Å². The topological polar surface area (TPSA) is 76.0 Å². The van der Waals surface area contributed by atoms with Crippen molar-refractivity contribution in [2.75, 3.05) is 11.9 Å². The molecule has 4 aromatic rings. The van der Waals surface area contributed by atoms with Gasteiger partial charge in [0.2, 0.25) is 5.91 Å². The van der Waals surface area contributed by atoms with Crippen molar-refractivity contribution in [2.45, 2.75) is 13.0 Å². The second kappa shape index (κ2) is 9.85. The second-order valence-electron chi connectivity index (χ2n) is 7.14. The predicted octanol–water partition coefficient (Wildman–Crippen LogP) is 4.95. The lowest BCUT2D eigenvalue weighted by Gasteiger charge is -2.11.